The number of aromatic amines is 1. The molecule has 1 aromatic carbocycles. The molecule has 4 heterocycles. The lowest BCUT2D eigenvalue weighted by atomic mass is 10.1. The van der Waals surface area contributed by atoms with Crippen LogP contribution in [-0.2, 0) is 19.4 Å². The second-order valence-electron chi connectivity index (χ2n) is 8.07. The summed E-state index contributed by atoms with van der Waals surface area (Å²) >= 11 is 0. The Morgan fingerprint density at radius 2 is 2.06 bits per heavy atom. The van der Waals surface area contributed by atoms with E-state index >= 15 is 0 Å². The molecular formula is C24H20N8O2. The van der Waals surface area contributed by atoms with E-state index in [2.05, 4.69) is 35.5 Å². The van der Waals surface area contributed by atoms with Crippen molar-refractivity contribution in [1.82, 2.24) is 35.5 Å². The van der Waals surface area contributed by atoms with Crippen molar-refractivity contribution in [3.05, 3.63) is 71.6 Å². The van der Waals surface area contributed by atoms with Gasteiger partial charge in [0, 0.05) is 22.8 Å². The summed E-state index contributed by atoms with van der Waals surface area (Å²) < 4.78 is 5.47. The first-order chi connectivity index (χ1) is 16.7. The van der Waals surface area contributed by atoms with E-state index in [1.165, 1.54) is 18.0 Å². The fourth-order valence-electron chi connectivity index (χ4n) is 4.31. The summed E-state index contributed by atoms with van der Waals surface area (Å²) in [4.78, 5) is 30.7. The molecule has 0 bridgehead atoms. The standard InChI is InChI=1S/C24H20N8O2/c25-22-21(23(33)28-12-18-15-4-1-5-17(15)31-32-18)29-19(20(30-22)24-27-9-10-34-24)14-6-7-16-13(11-14)3-2-8-26-16/h2-3,6-11H,1,4-5,12H2,(H2,25,30)(H,28,33)(H,31,32). The molecule has 10 nitrogen and oxygen atoms in total. The number of hydrogen-bond acceptors (Lipinski definition) is 8. The Bertz CT molecular complexity index is 1520. The molecule has 5 aromatic rings. The van der Waals surface area contributed by atoms with E-state index in [0.29, 0.717) is 11.4 Å². The van der Waals surface area contributed by atoms with Gasteiger partial charge in [0.1, 0.15) is 12.0 Å². The number of hydrogen-bond donors (Lipinski definition) is 3. The number of rotatable bonds is 5. The highest BCUT2D eigenvalue weighted by molar-refractivity contribution is 5.98. The highest BCUT2D eigenvalue weighted by Gasteiger charge is 2.23. The quantitative estimate of drug-likeness (QED) is 0.368. The minimum absolute atomic E-state index is 0.0100. The van der Waals surface area contributed by atoms with E-state index in [1.54, 1.807) is 6.20 Å². The van der Waals surface area contributed by atoms with Gasteiger partial charge in [-0.25, -0.2) is 15.0 Å². The van der Waals surface area contributed by atoms with Crippen LogP contribution < -0.4 is 11.1 Å². The number of aryl methyl sites for hydroxylation is 1. The highest BCUT2D eigenvalue weighted by Crippen LogP contribution is 2.31. The van der Waals surface area contributed by atoms with Crippen LogP contribution in [0.25, 0.3) is 33.7 Å². The van der Waals surface area contributed by atoms with Crippen molar-refractivity contribution >= 4 is 22.6 Å². The number of carbonyl (C=O) groups excluding carboxylic acids is 1. The summed E-state index contributed by atoms with van der Waals surface area (Å²) in [6.45, 7) is 0.282. The lowest BCUT2D eigenvalue weighted by Crippen LogP contribution is -2.26. The van der Waals surface area contributed by atoms with Crippen LogP contribution in [0.3, 0.4) is 0 Å². The average molecular weight is 452 g/mol. The van der Waals surface area contributed by atoms with E-state index in [-0.39, 0.29) is 23.9 Å². The van der Waals surface area contributed by atoms with Gasteiger partial charge < -0.3 is 15.5 Å². The molecule has 168 valence electrons. The maximum Gasteiger partial charge on any atom is 0.274 e. The molecule has 10 heteroatoms. The van der Waals surface area contributed by atoms with Gasteiger partial charge >= 0.3 is 0 Å². The number of fused-ring (bicyclic) bond motifs is 2. The zero-order valence-corrected chi connectivity index (χ0v) is 18.1. The number of H-pyrrole nitrogens is 1. The number of anilines is 1. The van der Waals surface area contributed by atoms with Crippen LogP contribution in [0.2, 0.25) is 0 Å². The molecule has 6 rings (SSSR count). The van der Waals surface area contributed by atoms with Crippen molar-refractivity contribution in [3.8, 4) is 22.8 Å². The van der Waals surface area contributed by atoms with Crippen LogP contribution in [-0.4, -0.2) is 36.0 Å². The molecule has 0 radical (unpaired) electrons. The smallest absolute Gasteiger partial charge is 0.274 e. The number of nitrogens with zero attached hydrogens (tertiary/aromatic N) is 5. The van der Waals surface area contributed by atoms with Crippen LogP contribution >= 0.6 is 0 Å². The van der Waals surface area contributed by atoms with Crippen LogP contribution in [0.15, 0.2) is 53.4 Å². The van der Waals surface area contributed by atoms with Crippen LogP contribution in [0.5, 0.6) is 0 Å². The minimum atomic E-state index is -0.428. The van der Waals surface area contributed by atoms with E-state index < -0.39 is 5.91 Å². The van der Waals surface area contributed by atoms with E-state index in [0.717, 1.165) is 47.1 Å². The lowest BCUT2D eigenvalue weighted by molar-refractivity contribution is 0.0946. The molecule has 4 N–H and O–H groups in total. The van der Waals surface area contributed by atoms with Gasteiger partial charge in [0.15, 0.2) is 17.2 Å². The zero-order valence-electron chi connectivity index (χ0n) is 18.1. The highest BCUT2D eigenvalue weighted by atomic mass is 16.3. The number of amides is 1. The normalized spacial score (nSPS) is 12.7. The number of nitrogens with two attached hydrogens (primary N) is 1. The first-order valence-corrected chi connectivity index (χ1v) is 10.9. The summed E-state index contributed by atoms with van der Waals surface area (Å²) in [7, 11) is 0. The molecule has 0 fully saturated rings. The van der Waals surface area contributed by atoms with Gasteiger partial charge in [0.05, 0.1) is 24.0 Å². The molecule has 1 amide bonds. The number of aromatic nitrogens is 6. The van der Waals surface area contributed by atoms with E-state index in [4.69, 9.17) is 10.2 Å². The molecular weight excluding hydrogens is 432 g/mol. The first kappa shape index (κ1) is 20.0. The number of carbonyl (C=O) groups is 1. The number of oxazole rings is 1. The van der Waals surface area contributed by atoms with Gasteiger partial charge in [-0.15, -0.1) is 0 Å². The van der Waals surface area contributed by atoms with Crippen LogP contribution in [0.1, 0.15) is 33.9 Å². The van der Waals surface area contributed by atoms with Gasteiger partial charge in [0.25, 0.3) is 5.91 Å². The minimum Gasteiger partial charge on any atom is -0.443 e. The Labute approximate surface area is 193 Å². The van der Waals surface area contributed by atoms with Gasteiger partial charge in [-0.05, 0) is 43.0 Å². The number of nitrogen functional groups attached to an aromatic ring is 1. The Balaban J connectivity index is 1.39. The van der Waals surface area contributed by atoms with Crippen molar-refractivity contribution < 1.29 is 9.21 Å². The Morgan fingerprint density at radius 1 is 1.12 bits per heavy atom. The molecule has 1 aliphatic carbocycles. The zero-order chi connectivity index (χ0) is 23.1. The second kappa shape index (κ2) is 8.07. The van der Waals surface area contributed by atoms with Crippen LogP contribution in [0, 0.1) is 0 Å². The maximum absolute atomic E-state index is 13.1. The van der Waals surface area contributed by atoms with Crippen molar-refractivity contribution in [2.45, 2.75) is 25.8 Å². The summed E-state index contributed by atoms with van der Waals surface area (Å²) in [6, 6.07) is 9.51. The van der Waals surface area contributed by atoms with E-state index in [1.807, 2.05) is 30.3 Å². The molecule has 4 aromatic heterocycles. The van der Waals surface area contributed by atoms with Crippen molar-refractivity contribution in [2.24, 2.45) is 0 Å². The number of pyridine rings is 1. The van der Waals surface area contributed by atoms with Gasteiger partial charge in [-0.2, -0.15) is 5.10 Å². The SMILES string of the molecule is Nc1nc(-c2ncco2)c(-c2ccc3ncccc3c2)nc1C(=O)NCc1n[nH]c2c1CCC2. The summed E-state index contributed by atoms with van der Waals surface area (Å²) in [6.07, 6.45) is 7.75. The third-order valence-electron chi connectivity index (χ3n) is 5.96. The predicted octanol–water partition coefficient (Wildman–Crippen LogP) is 3.07. The maximum atomic E-state index is 13.1. The van der Waals surface area contributed by atoms with E-state index in [9.17, 15) is 4.79 Å². The molecule has 34 heavy (non-hydrogen) atoms. The molecule has 0 aliphatic heterocycles. The largest absolute Gasteiger partial charge is 0.443 e. The Kier molecular flexibility index (Phi) is 4.76. The summed E-state index contributed by atoms with van der Waals surface area (Å²) in [5.41, 5.74) is 11.7. The Morgan fingerprint density at radius 3 is 2.94 bits per heavy atom. The number of nitrogens with one attached hydrogen (secondary N) is 2. The van der Waals surface area contributed by atoms with Crippen molar-refractivity contribution in [2.75, 3.05) is 5.73 Å². The van der Waals surface area contributed by atoms with Gasteiger partial charge in [-0.3, -0.25) is 14.9 Å². The van der Waals surface area contributed by atoms with Gasteiger partial charge in [-0.1, -0.05) is 12.1 Å². The molecule has 0 saturated carbocycles. The Hall–Kier alpha value is -4.60. The molecule has 0 atom stereocenters. The number of benzene rings is 1. The predicted molar refractivity (Wildman–Crippen MR) is 124 cm³/mol. The summed E-state index contributed by atoms with van der Waals surface area (Å²) in [5.74, 6) is -0.175. The monoisotopic (exact) mass is 452 g/mol. The fourth-order valence-corrected chi connectivity index (χ4v) is 4.31. The summed E-state index contributed by atoms with van der Waals surface area (Å²) in [5, 5.41) is 11.2. The molecule has 0 spiro atoms. The topological polar surface area (TPSA) is 148 Å². The molecule has 1 aliphatic rings. The van der Waals surface area contributed by atoms with Crippen LogP contribution in [0.4, 0.5) is 5.82 Å². The first-order valence-electron chi connectivity index (χ1n) is 10.9. The fraction of sp³-hybridized carbons (Fsp3) is 0.167. The van der Waals surface area contributed by atoms with Crippen molar-refractivity contribution in [1.29, 1.82) is 0 Å². The third-order valence-corrected chi connectivity index (χ3v) is 5.96. The molecule has 0 saturated heterocycles. The second-order valence-corrected chi connectivity index (χ2v) is 8.07. The lowest BCUT2D eigenvalue weighted by Gasteiger charge is -2.12. The average Bonchev–Trinajstić information content (AvgIpc) is 3.62. The van der Waals surface area contributed by atoms with Gasteiger partial charge in [0.2, 0.25) is 5.89 Å². The third kappa shape index (κ3) is 3.45. The molecule has 0 unspecified atom stereocenters. The van der Waals surface area contributed by atoms with Crippen molar-refractivity contribution in [3.63, 3.8) is 0 Å².